The van der Waals surface area contributed by atoms with Gasteiger partial charge in [0.25, 0.3) is 5.91 Å². The van der Waals surface area contributed by atoms with Crippen molar-refractivity contribution in [3.05, 3.63) is 78.0 Å². The highest BCUT2D eigenvalue weighted by Gasteiger charge is 2.21. The van der Waals surface area contributed by atoms with Gasteiger partial charge in [0.1, 0.15) is 0 Å². The number of nitrogens with zero attached hydrogens (tertiary/aromatic N) is 2. The van der Waals surface area contributed by atoms with Crippen molar-refractivity contribution in [2.75, 3.05) is 13.2 Å². The second-order valence-electron chi connectivity index (χ2n) is 6.76. The first kappa shape index (κ1) is 17.5. The molecule has 4 rings (SSSR count). The van der Waals surface area contributed by atoms with Gasteiger partial charge in [-0.15, -0.1) is 0 Å². The van der Waals surface area contributed by atoms with Gasteiger partial charge in [0.05, 0.1) is 30.1 Å². The van der Waals surface area contributed by atoms with Gasteiger partial charge in [-0.1, -0.05) is 60.7 Å². The van der Waals surface area contributed by atoms with Crippen LogP contribution in [-0.2, 0) is 11.3 Å². The molecule has 3 aromatic rings. The van der Waals surface area contributed by atoms with Crippen molar-refractivity contribution in [1.29, 1.82) is 0 Å². The van der Waals surface area contributed by atoms with Crippen molar-refractivity contribution in [2.45, 2.75) is 25.5 Å². The summed E-state index contributed by atoms with van der Waals surface area (Å²) < 4.78 is 7.50. The first-order valence-corrected chi connectivity index (χ1v) is 9.36. The van der Waals surface area contributed by atoms with Crippen molar-refractivity contribution < 1.29 is 9.53 Å². The summed E-state index contributed by atoms with van der Waals surface area (Å²) in [5, 5.41) is 7.52. The van der Waals surface area contributed by atoms with E-state index in [0.717, 1.165) is 36.3 Å². The largest absolute Gasteiger partial charge is 0.376 e. The van der Waals surface area contributed by atoms with Gasteiger partial charge >= 0.3 is 0 Å². The summed E-state index contributed by atoms with van der Waals surface area (Å²) in [5.41, 5.74) is 3.55. The second-order valence-corrected chi connectivity index (χ2v) is 6.76. The van der Waals surface area contributed by atoms with Gasteiger partial charge in [0, 0.05) is 18.7 Å². The highest BCUT2D eigenvalue weighted by molar-refractivity contribution is 5.99. The molecule has 1 N–H and O–H groups in total. The molecule has 0 aliphatic carbocycles. The van der Waals surface area contributed by atoms with Crippen LogP contribution in [-0.4, -0.2) is 34.9 Å². The van der Waals surface area contributed by atoms with Crippen molar-refractivity contribution in [3.63, 3.8) is 0 Å². The molecule has 27 heavy (non-hydrogen) atoms. The average Bonchev–Trinajstić information content (AvgIpc) is 3.37. The van der Waals surface area contributed by atoms with Crippen LogP contribution in [0.5, 0.6) is 0 Å². The number of carbonyl (C=O) groups excluding carboxylic acids is 1. The zero-order valence-electron chi connectivity index (χ0n) is 15.2. The van der Waals surface area contributed by atoms with Crippen molar-refractivity contribution in [1.82, 2.24) is 15.1 Å². The molecule has 5 nitrogen and oxygen atoms in total. The predicted octanol–water partition coefficient (Wildman–Crippen LogP) is 3.51. The monoisotopic (exact) mass is 361 g/mol. The second kappa shape index (κ2) is 8.18. The molecule has 0 saturated carbocycles. The Morgan fingerprint density at radius 1 is 1.11 bits per heavy atom. The third-order valence-electron chi connectivity index (χ3n) is 4.82. The lowest BCUT2D eigenvalue weighted by atomic mass is 10.1. The summed E-state index contributed by atoms with van der Waals surface area (Å²) in [4.78, 5) is 12.8. The van der Waals surface area contributed by atoms with Crippen LogP contribution in [0.15, 0.2) is 66.9 Å². The minimum atomic E-state index is -0.108. The van der Waals surface area contributed by atoms with Crippen LogP contribution in [0.4, 0.5) is 0 Å². The summed E-state index contributed by atoms with van der Waals surface area (Å²) >= 11 is 0. The standard InChI is InChI=1S/C22H23N3O2/c26-22(23-14-19-12-7-13-27-19)20-15-24-25(16-17-8-3-1-4-9-17)21(20)18-10-5-2-6-11-18/h1-6,8-11,15,19H,7,12-14,16H2,(H,23,26)/t19-/m1/s1. The van der Waals surface area contributed by atoms with Crippen molar-refractivity contribution >= 4 is 5.91 Å². The average molecular weight is 361 g/mol. The number of carbonyl (C=O) groups is 1. The van der Waals surface area contributed by atoms with Crippen molar-refractivity contribution in [2.24, 2.45) is 0 Å². The lowest BCUT2D eigenvalue weighted by Gasteiger charge is -2.12. The minimum Gasteiger partial charge on any atom is -0.376 e. The molecule has 0 unspecified atom stereocenters. The molecule has 2 heterocycles. The molecule has 1 aliphatic heterocycles. The molecule has 1 saturated heterocycles. The van der Waals surface area contributed by atoms with Crippen LogP contribution >= 0.6 is 0 Å². The Morgan fingerprint density at radius 2 is 1.85 bits per heavy atom. The van der Waals surface area contributed by atoms with E-state index < -0.39 is 0 Å². The van der Waals surface area contributed by atoms with Crippen LogP contribution in [0.2, 0.25) is 0 Å². The molecule has 1 aliphatic rings. The topological polar surface area (TPSA) is 56.1 Å². The van der Waals surface area contributed by atoms with E-state index in [1.54, 1.807) is 6.20 Å². The van der Waals surface area contributed by atoms with Crippen LogP contribution in [0, 0.1) is 0 Å². The van der Waals surface area contributed by atoms with Gasteiger partial charge in [-0.2, -0.15) is 5.10 Å². The maximum Gasteiger partial charge on any atom is 0.255 e. The highest BCUT2D eigenvalue weighted by atomic mass is 16.5. The highest BCUT2D eigenvalue weighted by Crippen LogP contribution is 2.24. The number of hydrogen-bond acceptors (Lipinski definition) is 3. The van der Waals surface area contributed by atoms with Crippen LogP contribution in [0.25, 0.3) is 11.3 Å². The molecule has 1 aromatic heterocycles. The fourth-order valence-corrected chi connectivity index (χ4v) is 3.44. The minimum absolute atomic E-state index is 0.108. The Hall–Kier alpha value is -2.92. The summed E-state index contributed by atoms with van der Waals surface area (Å²) in [6.07, 6.45) is 3.84. The molecular weight excluding hydrogens is 338 g/mol. The summed E-state index contributed by atoms with van der Waals surface area (Å²) in [7, 11) is 0. The molecule has 1 amide bonds. The third-order valence-corrected chi connectivity index (χ3v) is 4.82. The van der Waals surface area contributed by atoms with E-state index in [1.807, 2.05) is 53.2 Å². The van der Waals surface area contributed by atoms with Gasteiger partial charge < -0.3 is 10.1 Å². The Balaban J connectivity index is 1.61. The van der Waals surface area contributed by atoms with Gasteiger partial charge in [-0.05, 0) is 18.4 Å². The van der Waals surface area contributed by atoms with Crippen LogP contribution < -0.4 is 5.32 Å². The Bertz CT molecular complexity index is 884. The van der Waals surface area contributed by atoms with E-state index in [0.29, 0.717) is 18.7 Å². The number of hydrogen-bond donors (Lipinski definition) is 1. The van der Waals surface area contributed by atoms with Crippen LogP contribution in [0.1, 0.15) is 28.8 Å². The molecule has 1 fully saturated rings. The molecule has 5 heteroatoms. The zero-order valence-corrected chi connectivity index (χ0v) is 15.2. The first-order valence-electron chi connectivity index (χ1n) is 9.36. The lowest BCUT2D eigenvalue weighted by molar-refractivity contribution is 0.0858. The van der Waals surface area contributed by atoms with E-state index in [2.05, 4.69) is 22.5 Å². The predicted molar refractivity (Wildman–Crippen MR) is 105 cm³/mol. The number of rotatable bonds is 6. The van der Waals surface area contributed by atoms with E-state index in [4.69, 9.17) is 4.74 Å². The normalized spacial score (nSPS) is 16.4. The maximum absolute atomic E-state index is 12.8. The van der Waals surface area contributed by atoms with E-state index >= 15 is 0 Å². The lowest BCUT2D eigenvalue weighted by Crippen LogP contribution is -2.31. The van der Waals surface area contributed by atoms with Gasteiger partial charge in [-0.3, -0.25) is 9.48 Å². The Kier molecular flexibility index (Phi) is 5.30. The number of aromatic nitrogens is 2. The summed E-state index contributed by atoms with van der Waals surface area (Å²) in [6.45, 7) is 1.94. The molecule has 0 bridgehead atoms. The molecule has 0 radical (unpaired) electrons. The smallest absolute Gasteiger partial charge is 0.255 e. The van der Waals surface area contributed by atoms with Crippen LogP contribution in [0.3, 0.4) is 0 Å². The fraction of sp³-hybridized carbons (Fsp3) is 0.273. The molecule has 0 spiro atoms. The third kappa shape index (κ3) is 4.09. The quantitative estimate of drug-likeness (QED) is 0.731. The van der Waals surface area contributed by atoms with E-state index in [-0.39, 0.29) is 12.0 Å². The molecular formula is C22H23N3O2. The molecule has 138 valence electrons. The summed E-state index contributed by atoms with van der Waals surface area (Å²) in [5.74, 6) is -0.108. The Labute approximate surface area is 159 Å². The van der Waals surface area contributed by atoms with E-state index in [9.17, 15) is 4.79 Å². The SMILES string of the molecule is O=C(NC[C@H]1CCCO1)c1cnn(Cc2ccccc2)c1-c1ccccc1. The Morgan fingerprint density at radius 3 is 2.56 bits per heavy atom. The number of nitrogens with one attached hydrogen (secondary N) is 1. The zero-order chi connectivity index (χ0) is 18.5. The maximum atomic E-state index is 12.8. The van der Waals surface area contributed by atoms with E-state index in [1.165, 1.54) is 0 Å². The number of ether oxygens (including phenoxy) is 1. The van der Waals surface area contributed by atoms with Gasteiger partial charge in [-0.25, -0.2) is 0 Å². The summed E-state index contributed by atoms with van der Waals surface area (Å²) in [6, 6.07) is 20.1. The van der Waals surface area contributed by atoms with Gasteiger partial charge in [0.15, 0.2) is 0 Å². The molecule has 2 aromatic carbocycles. The number of amides is 1. The van der Waals surface area contributed by atoms with Gasteiger partial charge in [0.2, 0.25) is 0 Å². The first-order chi connectivity index (χ1) is 13.3. The fourth-order valence-electron chi connectivity index (χ4n) is 3.44. The molecule has 1 atom stereocenters. The number of benzene rings is 2. The van der Waals surface area contributed by atoms with Crippen molar-refractivity contribution in [3.8, 4) is 11.3 Å².